The largest absolute Gasteiger partial charge is 0.495 e. The van der Waals surface area contributed by atoms with Crippen LogP contribution in [0.1, 0.15) is 16.1 Å². The standard InChI is InChI=1S/C23H17NO5S2/c1-27-19-6-4-3-5-17(19)24-21(25)20(31-23(24)30)13-16-11-12-18(29-16)14-7-9-15(10-8-14)22(26)28-2/h3-13H,1-2H3/b20-13+. The minimum Gasteiger partial charge on any atom is -0.495 e. The van der Waals surface area contributed by atoms with Crippen molar-refractivity contribution in [2.24, 2.45) is 0 Å². The number of benzene rings is 2. The maximum absolute atomic E-state index is 13.0. The average molecular weight is 452 g/mol. The number of amides is 1. The predicted molar refractivity (Wildman–Crippen MR) is 124 cm³/mol. The molecule has 1 aliphatic rings. The molecule has 0 saturated carbocycles. The molecule has 0 radical (unpaired) electrons. The summed E-state index contributed by atoms with van der Waals surface area (Å²) in [6.45, 7) is 0. The molecule has 0 atom stereocenters. The molecule has 156 valence electrons. The molecule has 0 bridgehead atoms. The molecule has 31 heavy (non-hydrogen) atoms. The van der Waals surface area contributed by atoms with Crippen LogP contribution in [0.2, 0.25) is 0 Å². The van der Waals surface area contributed by atoms with Gasteiger partial charge in [-0.2, -0.15) is 0 Å². The van der Waals surface area contributed by atoms with Crippen LogP contribution in [-0.2, 0) is 9.53 Å². The van der Waals surface area contributed by atoms with E-state index in [4.69, 9.17) is 26.1 Å². The van der Waals surface area contributed by atoms with E-state index in [1.807, 2.05) is 12.1 Å². The molecule has 2 aromatic carbocycles. The zero-order chi connectivity index (χ0) is 22.0. The number of furan rings is 1. The lowest BCUT2D eigenvalue weighted by atomic mass is 10.1. The molecule has 0 N–H and O–H groups in total. The second kappa shape index (κ2) is 8.79. The van der Waals surface area contributed by atoms with Crippen LogP contribution in [0.3, 0.4) is 0 Å². The molecule has 8 heteroatoms. The summed E-state index contributed by atoms with van der Waals surface area (Å²) in [4.78, 5) is 26.5. The highest BCUT2D eigenvalue weighted by molar-refractivity contribution is 8.27. The van der Waals surface area contributed by atoms with E-state index in [0.29, 0.717) is 37.7 Å². The van der Waals surface area contributed by atoms with Gasteiger partial charge in [-0.3, -0.25) is 9.69 Å². The van der Waals surface area contributed by atoms with E-state index in [-0.39, 0.29) is 5.91 Å². The second-order valence-corrected chi connectivity index (χ2v) is 8.14. The van der Waals surface area contributed by atoms with Crippen LogP contribution in [0.5, 0.6) is 5.75 Å². The Balaban J connectivity index is 1.57. The first-order chi connectivity index (χ1) is 15.0. The summed E-state index contributed by atoms with van der Waals surface area (Å²) in [7, 11) is 2.89. The molecule has 2 heterocycles. The highest BCUT2D eigenvalue weighted by Gasteiger charge is 2.35. The zero-order valence-corrected chi connectivity index (χ0v) is 18.3. The molecule has 0 spiro atoms. The van der Waals surface area contributed by atoms with E-state index >= 15 is 0 Å². The number of thioether (sulfide) groups is 1. The van der Waals surface area contributed by atoms with Gasteiger partial charge >= 0.3 is 5.97 Å². The fraction of sp³-hybridized carbons (Fsp3) is 0.0870. The maximum atomic E-state index is 13.0. The molecule has 0 unspecified atom stereocenters. The molecular formula is C23H17NO5S2. The second-order valence-electron chi connectivity index (χ2n) is 6.46. The molecular weight excluding hydrogens is 434 g/mol. The van der Waals surface area contributed by atoms with Gasteiger partial charge in [0.2, 0.25) is 0 Å². The highest BCUT2D eigenvalue weighted by Crippen LogP contribution is 2.40. The van der Waals surface area contributed by atoms with Crippen molar-refractivity contribution in [2.45, 2.75) is 0 Å². The van der Waals surface area contributed by atoms with Gasteiger partial charge in [-0.1, -0.05) is 48.2 Å². The lowest BCUT2D eigenvalue weighted by Crippen LogP contribution is -2.27. The van der Waals surface area contributed by atoms with E-state index in [2.05, 4.69) is 0 Å². The Morgan fingerprint density at radius 1 is 1.06 bits per heavy atom. The number of hydrogen-bond acceptors (Lipinski definition) is 7. The van der Waals surface area contributed by atoms with Crippen molar-refractivity contribution >= 4 is 51.9 Å². The van der Waals surface area contributed by atoms with E-state index in [1.54, 1.807) is 61.7 Å². The van der Waals surface area contributed by atoms with Crippen molar-refractivity contribution in [1.29, 1.82) is 0 Å². The molecule has 3 aromatic rings. The Hall–Kier alpha value is -3.36. The number of carbonyl (C=O) groups excluding carboxylic acids is 2. The summed E-state index contributed by atoms with van der Waals surface area (Å²) < 4.78 is 16.4. The van der Waals surface area contributed by atoms with Gasteiger partial charge in [0.25, 0.3) is 5.91 Å². The van der Waals surface area contributed by atoms with Crippen LogP contribution in [0.15, 0.2) is 70.0 Å². The van der Waals surface area contributed by atoms with E-state index in [9.17, 15) is 9.59 Å². The molecule has 4 rings (SSSR count). The SMILES string of the molecule is COC(=O)c1ccc(-c2ccc(/C=C3/SC(=S)N(c4ccccc4OC)C3=O)o2)cc1. The molecule has 0 aliphatic carbocycles. The van der Waals surface area contributed by atoms with Gasteiger partial charge in [-0.25, -0.2) is 4.79 Å². The number of nitrogens with zero attached hydrogens (tertiary/aromatic N) is 1. The molecule has 1 saturated heterocycles. The van der Waals surface area contributed by atoms with Crippen molar-refractivity contribution in [3.05, 3.63) is 76.9 Å². The van der Waals surface area contributed by atoms with Crippen molar-refractivity contribution in [2.75, 3.05) is 19.1 Å². The van der Waals surface area contributed by atoms with Gasteiger partial charge in [0.1, 0.15) is 17.3 Å². The van der Waals surface area contributed by atoms with E-state index in [1.165, 1.54) is 23.8 Å². The van der Waals surface area contributed by atoms with E-state index in [0.717, 1.165) is 5.56 Å². The van der Waals surface area contributed by atoms with E-state index < -0.39 is 5.97 Å². The third kappa shape index (κ3) is 4.12. The summed E-state index contributed by atoms with van der Waals surface area (Å²) in [5.41, 5.74) is 1.86. The number of esters is 1. The van der Waals surface area contributed by atoms with Crippen LogP contribution in [0.4, 0.5) is 5.69 Å². The van der Waals surface area contributed by atoms with Gasteiger partial charge < -0.3 is 13.9 Å². The minimum absolute atomic E-state index is 0.236. The molecule has 1 aliphatic heterocycles. The number of ether oxygens (including phenoxy) is 2. The van der Waals surface area contributed by atoms with Crippen molar-refractivity contribution < 1.29 is 23.5 Å². The monoisotopic (exact) mass is 451 g/mol. The molecule has 1 aromatic heterocycles. The topological polar surface area (TPSA) is 69.0 Å². The molecule has 1 amide bonds. The van der Waals surface area contributed by atoms with Crippen molar-refractivity contribution in [3.8, 4) is 17.1 Å². The Morgan fingerprint density at radius 3 is 2.52 bits per heavy atom. The Labute approximate surface area is 188 Å². The zero-order valence-electron chi connectivity index (χ0n) is 16.7. The lowest BCUT2D eigenvalue weighted by molar-refractivity contribution is -0.113. The third-order valence-corrected chi connectivity index (χ3v) is 5.91. The van der Waals surface area contributed by atoms with Crippen LogP contribution < -0.4 is 9.64 Å². The normalized spacial score (nSPS) is 14.9. The quantitative estimate of drug-likeness (QED) is 0.302. The summed E-state index contributed by atoms with van der Waals surface area (Å²) in [5.74, 6) is 1.06. The fourth-order valence-electron chi connectivity index (χ4n) is 3.09. The highest BCUT2D eigenvalue weighted by atomic mass is 32.2. The van der Waals surface area contributed by atoms with Gasteiger partial charge in [0, 0.05) is 11.6 Å². The number of hydrogen-bond donors (Lipinski definition) is 0. The summed E-state index contributed by atoms with van der Waals surface area (Å²) >= 11 is 6.63. The smallest absolute Gasteiger partial charge is 0.337 e. The molecule has 1 fully saturated rings. The van der Waals surface area contributed by atoms with Crippen LogP contribution in [0.25, 0.3) is 17.4 Å². The predicted octanol–water partition coefficient (Wildman–Crippen LogP) is 5.15. The number of methoxy groups -OCH3 is 2. The van der Waals surface area contributed by atoms with Gasteiger partial charge in [-0.05, 0) is 36.4 Å². The summed E-state index contributed by atoms with van der Waals surface area (Å²) in [6.07, 6.45) is 1.67. The Morgan fingerprint density at radius 2 is 1.81 bits per heavy atom. The number of para-hydroxylation sites is 2. The van der Waals surface area contributed by atoms with Crippen LogP contribution in [-0.4, -0.2) is 30.4 Å². The first kappa shape index (κ1) is 20.9. The summed E-state index contributed by atoms with van der Waals surface area (Å²) in [5, 5.41) is 0. The van der Waals surface area contributed by atoms with Crippen LogP contribution >= 0.6 is 24.0 Å². The fourth-order valence-corrected chi connectivity index (χ4v) is 4.36. The van der Waals surface area contributed by atoms with Gasteiger partial charge in [-0.15, -0.1) is 0 Å². The minimum atomic E-state index is -0.399. The van der Waals surface area contributed by atoms with Crippen LogP contribution in [0, 0.1) is 0 Å². The first-order valence-electron chi connectivity index (χ1n) is 9.21. The Bertz CT molecular complexity index is 1200. The van der Waals surface area contributed by atoms with Crippen molar-refractivity contribution in [1.82, 2.24) is 0 Å². The van der Waals surface area contributed by atoms with Crippen molar-refractivity contribution in [3.63, 3.8) is 0 Å². The lowest BCUT2D eigenvalue weighted by Gasteiger charge is -2.17. The van der Waals surface area contributed by atoms with Gasteiger partial charge in [0.05, 0.1) is 30.4 Å². The average Bonchev–Trinajstić information content (AvgIpc) is 3.37. The maximum Gasteiger partial charge on any atom is 0.337 e. The number of carbonyl (C=O) groups is 2. The van der Waals surface area contributed by atoms with Gasteiger partial charge in [0.15, 0.2) is 4.32 Å². The Kier molecular flexibility index (Phi) is 5.92. The molecule has 6 nitrogen and oxygen atoms in total. The number of rotatable bonds is 5. The third-order valence-electron chi connectivity index (χ3n) is 4.61. The summed E-state index contributed by atoms with van der Waals surface area (Å²) in [6, 6.07) is 17.7. The first-order valence-corrected chi connectivity index (χ1v) is 10.4. The number of anilines is 1. The number of thiocarbonyl (C=S) groups is 1.